The molecule has 28 heavy (non-hydrogen) atoms. The Morgan fingerprint density at radius 3 is 2.71 bits per heavy atom. The van der Waals surface area contributed by atoms with Crippen LogP contribution < -0.4 is 26.1 Å². The lowest BCUT2D eigenvalue weighted by molar-refractivity contribution is 0.0959. The van der Waals surface area contributed by atoms with Crippen LogP contribution in [0, 0.1) is 6.92 Å². The van der Waals surface area contributed by atoms with Gasteiger partial charge in [0.05, 0.1) is 12.7 Å². The highest BCUT2D eigenvalue weighted by Crippen LogP contribution is 2.30. The van der Waals surface area contributed by atoms with Gasteiger partial charge in [0.25, 0.3) is 5.91 Å². The first-order chi connectivity index (χ1) is 13.5. The fraction of sp³-hybridized carbons (Fsp3) is 0.105. The molecule has 0 aliphatic carbocycles. The second-order valence-electron chi connectivity index (χ2n) is 5.73. The molecule has 1 aromatic heterocycles. The fourth-order valence-electron chi connectivity index (χ4n) is 2.37. The maximum absolute atomic E-state index is 12.4. The van der Waals surface area contributed by atoms with E-state index in [4.69, 9.17) is 26.8 Å². The molecule has 144 valence electrons. The number of nitrogens with one attached hydrogen (secondary N) is 2. The minimum Gasteiger partial charge on any atom is -0.496 e. The van der Waals surface area contributed by atoms with Crippen LogP contribution in [0.2, 0.25) is 5.02 Å². The summed E-state index contributed by atoms with van der Waals surface area (Å²) in [6.45, 7) is 1.86. The number of hydrogen-bond donors (Lipinski definition) is 3. The van der Waals surface area contributed by atoms with Crippen molar-refractivity contribution in [3.63, 3.8) is 0 Å². The largest absolute Gasteiger partial charge is 0.496 e. The number of aryl methyl sites for hydroxylation is 1. The van der Waals surface area contributed by atoms with Crippen LogP contribution in [-0.4, -0.2) is 23.0 Å². The highest BCUT2D eigenvalue weighted by atomic mass is 35.5. The summed E-state index contributed by atoms with van der Waals surface area (Å²) in [5, 5.41) is 0.629. The Morgan fingerprint density at radius 2 is 1.96 bits per heavy atom. The SMILES string of the molecule is COc1ccccc1C(=O)NNc1ncnc(Oc2ccc(Cl)c(C)c2)c1N. The predicted octanol–water partition coefficient (Wildman–Crippen LogP) is 3.58. The van der Waals surface area contributed by atoms with E-state index in [0.717, 1.165) is 5.56 Å². The van der Waals surface area contributed by atoms with Gasteiger partial charge in [0.2, 0.25) is 5.88 Å². The number of ether oxygens (including phenoxy) is 2. The van der Waals surface area contributed by atoms with Gasteiger partial charge in [0.15, 0.2) is 5.82 Å². The van der Waals surface area contributed by atoms with Gasteiger partial charge in [0.1, 0.15) is 23.5 Å². The number of nitrogens with zero attached hydrogens (tertiary/aromatic N) is 2. The zero-order valence-electron chi connectivity index (χ0n) is 15.2. The van der Waals surface area contributed by atoms with Crippen molar-refractivity contribution in [1.29, 1.82) is 0 Å². The van der Waals surface area contributed by atoms with Crippen molar-refractivity contribution >= 4 is 29.0 Å². The lowest BCUT2D eigenvalue weighted by Gasteiger charge is -2.13. The number of amides is 1. The van der Waals surface area contributed by atoms with Gasteiger partial charge in [-0.25, -0.2) is 4.98 Å². The number of rotatable bonds is 6. The lowest BCUT2D eigenvalue weighted by atomic mass is 10.2. The molecule has 1 amide bonds. The Hall–Kier alpha value is -3.52. The average Bonchev–Trinajstić information content (AvgIpc) is 2.71. The number of aromatic nitrogens is 2. The van der Waals surface area contributed by atoms with Crippen LogP contribution in [0.5, 0.6) is 17.4 Å². The Bertz CT molecular complexity index is 1010. The second-order valence-corrected chi connectivity index (χ2v) is 6.14. The average molecular weight is 400 g/mol. The molecular weight excluding hydrogens is 382 g/mol. The summed E-state index contributed by atoms with van der Waals surface area (Å²) in [4.78, 5) is 20.4. The van der Waals surface area contributed by atoms with Crippen LogP contribution in [0.3, 0.4) is 0 Å². The number of anilines is 2. The monoisotopic (exact) mass is 399 g/mol. The summed E-state index contributed by atoms with van der Waals surface area (Å²) in [6.07, 6.45) is 1.27. The third-order valence-electron chi connectivity index (χ3n) is 3.84. The van der Waals surface area contributed by atoms with Crippen LogP contribution in [-0.2, 0) is 0 Å². The number of carbonyl (C=O) groups is 1. The first-order valence-electron chi connectivity index (χ1n) is 8.23. The predicted molar refractivity (Wildman–Crippen MR) is 107 cm³/mol. The van der Waals surface area contributed by atoms with E-state index >= 15 is 0 Å². The van der Waals surface area contributed by atoms with Gasteiger partial charge in [-0.2, -0.15) is 4.98 Å². The number of nitrogens with two attached hydrogens (primary N) is 1. The molecule has 0 aliphatic heterocycles. The molecule has 0 saturated carbocycles. The third-order valence-corrected chi connectivity index (χ3v) is 4.26. The summed E-state index contributed by atoms with van der Waals surface area (Å²) in [5.74, 6) is 0.895. The molecule has 0 spiro atoms. The number of para-hydroxylation sites is 1. The summed E-state index contributed by atoms with van der Waals surface area (Å²) in [6, 6.07) is 12.0. The Kier molecular flexibility index (Phi) is 5.81. The van der Waals surface area contributed by atoms with Gasteiger partial charge in [0, 0.05) is 5.02 Å². The molecular formula is C19H18ClN5O3. The number of hydrazine groups is 1. The Morgan fingerprint density at radius 1 is 1.18 bits per heavy atom. The summed E-state index contributed by atoms with van der Waals surface area (Å²) >= 11 is 6.02. The van der Waals surface area contributed by atoms with E-state index in [-0.39, 0.29) is 17.4 Å². The summed E-state index contributed by atoms with van der Waals surface area (Å²) < 4.78 is 10.9. The zero-order valence-corrected chi connectivity index (χ0v) is 15.9. The second kappa shape index (κ2) is 8.45. The molecule has 0 saturated heterocycles. The minimum atomic E-state index is -0.411. The first kappa shape index (κ1) is 19.2. The molecule has 1 heterocycles. The third kappa shape index (κ3) is 4.24. The normalized spacial score (nSPS) is 10.2. The molecule has 3 aromatic rings. The van der Waals surface area contributed by atoms with E-state index in [9.17, 15) is 4.79 Å². The number of methoxy groups -OCH3 is 1. The van der Waals surface area contributed by atoms with Gasteiger partial charge in [-0.1, -0.05) is 23.7 Å². The van der Waals surface area contributed by atoms with Crippen LogP contribution in [0.15, 0.2) is 48.8 Å². The van der Waals surface area contributed by atoms with Crippen molar-refractivity contribution in [2.45, 2.75) is 6.92 Å². The number of nitrogen functional groups attached to an aromatic ring is 1. The van der Waals surface area contributed by atoms with E-state index in [2.05, 4.69) is 20.8 Å². The first-order valence-corrected chi connectivity index (χ1v) is 8.61. The number of hydrogen-bond acceptors (Lipinski definition) is 7. The maximum atomic E-state index is 12.4. The molecule has 0 bridgehead atoms. The van der Waals surface area contributed by atoms with Gasteiger partial charge in [-0.15, -0.1) is 0 Å². The fourth-order valence-corrected chi connectivity index (χ4v) is 2.49. The highest BCUT2D eigenvalue weighted by molar-refractivity contribution is 6.31. The van der Waals surface area contributed by atoms with Crippen molar-refractivity contribution in [3.8, 4) is 17.4 Å². The van der Waals surface area contributed by atoms with Gasteiger partial charge >= 0.3 is 0 Å². The molecule has 9 heteroatoms. The van der Waals surface area contributed by atoms with Crippen molar-refractivity contribution in [2.24, 2.45) is 0 Å². The molecule has 0 fully saturated rings. The quantitative estimate of drug-likeness (QED) is 0.543. The van der Waals surface area contributed by atoms with E-state index in [1.807, 2.05) is 6.92 Å². The Balaban J connectivity index is 1.74. The van der Waals surface area contributed by atoms with Gasteiger partial charge < -0.3 is 15.2 Å². The van der Waals surface area contributed by atoms with Gasteiger partial charge in [-0.05, 0) is 42.8 Å². The molecule has 2 aromatic carbocycles. The van der Waals surface area contributed by atoms with E-state index in [1.165, 1.54) is 13.4 Å². The molecule has 0 radical (unpaired) electrons. The van der Waals surface area contributed by atoms with E-state index in [0.29, 0.717) is 22.1 Å². The maximum Gasteiger partial charge on any atom is 0.273 e. The van der Waals surface area contributed by atoms with Crippen LogP contribution in [0.1, 0.15) is 15.9 Å². The lowest BCUT2D eigenvalue weighted by Crippen LogP contribution is -2.30. The van der Waals surface area contributed by atoms with Crippen molar-refractivity contribution in [2.75, 3.05) is 18.3 Å². The van der Waals surface area contributed by atoms with E-state index < -0.39 is 5.91 Å². The molecule has 8 nitrogen and oxygen atoms in total. The van der Waals surface area contributed by atoms with Crippen molar-refractivity contribution < 1.29 is 14.3 Å². The number of carbonyl (C=O) groups excluding carboxylic acids is 1. The van der Waals surface area contributed by atoms with Gasteiger partial charge in [-0.3, -0.25) is 15.6 Å². The molecule has 0 aliphatic rings. The van der Waals surface area contributed by atoms with Crippen molar-refractivity contribution in [3.05, 3.63) is 64.9 Å². The smallest absolute Gasteiger partial charge is 0.273 e. The van der Waals surface area contributed by atoms with Crippen LogP contribution in [0.4, 0.5) is 11.5 Å². The van der Waals surface area contributed by atoms with Crippen LogP contribution >= 0.6 is 11.6 Å². The van der Waals surface area contributed by atoms with E-state index in [1.54, 1.807) is 42.5 Å². The summed E-state index contributed by atoms with van der Waals surface area (Å²) in [7, 11) is 1.49. The zero-order chi connectivity index (χ0) is 20.1. The standard InChI is InChI=1S/C19H18ClN5O3/c1-11-9-12(7-8-14(11)20)28-19-16(21)17(22-10-23-19)24-25-18(26)13-5-3-4-6-15(13)27-2/h3-10H,21H2,1-2H3,(H,25,26)(H,22,23,24). The van der Waals surface area contributed by atoms with Crippen molar-refractivity contribution in [1.82, 2.24) is 15.4 Å². The minimum absolute atomic E-state index is 0.135. The highest BCUT2D eigenvalue weighted by Gasteiger charge is 2.14. The number of benzene rings is 2. The Labute approximate surface area is 166 Å². The molecule has 4 N–H and O–H groups in total. The molecule has 0 atom stereocenters. The molecule has 3 rings (SSSR count). The molecule has 0 unspecified atom stereocenters. The van der Waals surface area contributed by atoms with Crippen LogP contribution in [0.25, 0.3) is 0 Å². The topological polar surface area (TPSA) is 111 Å². The summed E-state index contributed by atoms with van der Waals surface area (Å²) in [5.41, 5.74) is 12.6. The number of halogens is 1.